The van der Waals surface area contributed by atoms with Gasteiger partial charge >= 0.3 is 0 Å². The van der Waals surface area contributed by atoms with E-state index in [9.17, 15) is 0 Å². The Morgan fingerprint density at radius 2 is 2.12 bits per heavy atom. The zero-order valence-electron chi connectivity index (χ0n) is 8.84. The summed E-state index contributed by atoms with van der Waals surface area (Å²) in [6, 6.07) is 9.72. The molecular weight excluding hydrogens is 220 g/mol. The highest BCUT2D eigenvalue weighted by atomic mass is 32.1. The molecule has 0 fully saturated rings. The second-order valence-corrected chi connectivity index (χ2v) is 3.85. The first-order valence-electron chi connectivity index (χ1n) is 4.82. The zero-order valence-corrected chi connectivity index (χ0v) is 9.66. The van der Waals surface area contributed by atoms with Gasteiger partial charge in [-0.15, -0.1) is 0 Å². The standard InChI is InChI=1S/C11H12N4S/c1-15-7-6-10(14-15)8-4-2-3-5-9(8)13-11(12)16/h2-7H,1H3,(H3,12,13,16). The average Bonchev–Trinajstić information content (AvgIpc) is 2.65. The summed E-state index contributed by atoms with van der Waals surface area (Å²) in [6.45, 7) is 0. The lowest BCUT2D eigenvalue weighted by molar-refractivity contribution is 0.771. The van der Waals surface area contributed by atoms with Gasteiger partial charge < -0.3 is 11.1 Å². The van der Waals surface area contributed by atoms with Crippen molar-refractivity contribution in [2.24, 2.45) is 12.8 Å². The summed E-state index contributed by atoms with van der Waals surface area (Å²) in [5, 5.41) is 7.54. The van der Waals surface area contributed by atoms with Crippen molar-refractivity contribution in [3.8, 4) is 11.3 Å². The van der Waals surface area contributed by atoms with Crippen LogP contribution in [0.2, 0.25) is 0 Å². The fraction of sp³-hybridized carbons (Fsp3) is 0.0909. The van der Waals surface area contributed by atoms with Crippen molar-refractivity contribution in [1.29, 1.82) is 0 Å². The summed E-state index contributed by atoms with van der Waals surface area (Å²) < 4.78 is 1.76. The second-order valence-electron chi connectivity index (χ2n) is 3.41. The minimum absolute atomic E-state index is 0.253. The van der Waals surface area contributed by atoms with Gasteiger partial charge in [0.2, 0.25) is 0 Å². The molecule has 0 amide bonds. The van der Waals surface area contributed by atoms with Gasteiger partial charge in [-0.05, 0) is 24.4 Å². The van der Waals surface area contributed by atoms with Crippen LogP contribution in [0.4, 0.5) is 5.69 Å². The molecule has 0 unspecified atom stereocenters. The quantitative estimate of drug-likeness (QED) is 0.774. The predicted octanol–water partition coefficient (Wildman–Crippen LogP) is 1.74. The van der Waals surface area contributed by atoms with Crippen molar-refractivity contribution >= 4 is 23.0 Å². The first-order valence-corrected chi connectivity index (χ1v) is 5.23. The molecule has 3 N–H and O–H groups in total. The molecule has 0 aliphatic carbocycles. The zero-order chi connectivity index (χ0) is 11.5. The molecule has 16 heavy (non-hydrogen) atoms. The van der Waals surface area contributed by atoms with Crippen LogP contribution in [0.15, 0.2) is 36.5 Å². The lowest BCUT2D eigenvalue weighted by Gasteiger charge is -2.08. The molecule has 4 nitrogen and oxygen atoms in total. The molecule has 1 aromatic carbocycles. The Labute approximate surface area is 99.1 Å². The van der Waals surface area contributed by atoms with Crippen LogP contribution in [0.25, 0.3) is 11.3 Å². The molecule has 1 aromatic heterocycles. The average molecular weight is 232 g/mol. The van der Waals surface area contributed by atoms with E-state index in [2.05, 4.69) is 10.4 Å². The van der Waals surface area contributed by atoms with Gasteiger partial charge in [-0.3, -0.25) is 4.68 Å². The molecule has 0 atom stereocenters. The van der Waals surface area contributed by atoms with Crippen molar-refractivity contribution in [3.63, 3.8) is 0 Å². The molecule has 0 saturated carbocycles. The number of nitrogens with zero attached hydrogens (tertiary/aromatic N) is 2. The maximum Gasteiger partial charge on any atom is 0.168 e. The minimum atomic E-state index is 0.253. The van der Waals surface area contributed by atoms with E-state index in [4.69, 9.17) is 18.0 Å². The van der Waals surface area contributed by atoms with Gasteiger partial charge in [0.15, 0.2) is 5.11 Å². The molecule has 82 valence electrons. The van der Waals surface area contributed by atoms with Crippen LogP contribution in [0.5, 0.6) is 0 Å². The number of nitrogens with one attached hydrogen (secondary N) is 1. The summed E-state index contributed by atoms with van der Waals surface area (Å²) in [7, 11) is 1.88. The third-order valence-corrected chi connectivity index (χ3v) is 2.28. The SMILES string of the molecule is Cn1ccc(-c2ccccc2NC(N)=S)n1. The minimum Gasteiger partial charge on any atom is -0.376 e. The molecule has 0 bridgehead atoms. The van der Waals surface area contributed by atoms with Gasteiger partial charge in [0.05, 0.1) is 5.69 Å². The van der Waals surface area contributed by atoms with E-state index in [-0.39, 0.29) is 5.11 Å². The fourth-order valence-corrected chi connectivity index (χ4v) is 1.62. The summed E-state index contributed by atoms with van der Waals surface area (Å²) in [4.78, 5) is 0. The maximum atomic E-state index is 5.47. The normalized spacial score (nSPS) is 10.1. The van der Waals surface area contributed by atoms with Crippen LogP contribution < -0.4 is 11.1 Å². The second kappa shape index (κ2) is 4.32. The Bertz CT molecular complexity index is 518. The van der Waals surface area contributed by atoms with Crippen LogP contribution in [-0.2, 0) is 7.05 Å². The molecule has 0 saturated heterocycles. The number of aromatic nitrogens is 2. The summed E-state index contributed by atoms with van der Waals surface area (Å²) in [5.41, 5.74) is 8.21. The number of nitrogens with two attached hydrogens (primary N) is 1. The Morgan fingerprint density at radius 3 is 2.75 bits per heavy atom. The topological polar surface area (TPSA) is 55.9 Å². The number of hydrogen-bond donors (Lipinski definition) is 2. The molecular formula is C11H12N4S. The summed E-state index contributed by atoms with van der Waals surface area (Å²) in [6.07, 6.45) is 1.90. The first-order chi connectivity index (χ1) is 7.66. The first kappa shape index (κ1) is 10.6. The highest BCUT2D eigenvalue weighted by Gasteiger charge is 2.06. The van der Waals surface area contributed by atoms with Crippen LogP contribution in [0.3, 0.4) is 0 Å². The van der Waals surface area contributed by atoms with Crippen molar-refractivity contribution in [2.75, 3.05) is 5.32 Å². The van der Waals surface area contributed by atoms with Crippen molar-refractivity contribution in [1.82, 2.24) is 9.78 Å². The van der Waals surface area contributed by atoms with Gasteiger partial charge in [0.25, 0.3) is 0 Å². The van der Waals surface area contributed by atoms with Crippen molar-refractivity contribution < 1.29 is 0 Å². The third kappa shape index (κ3) is 2.20. The number of aryl methyl sites for hydroxylation is 1. The molecule has 0 spiro atoms. The number of hydrogen-bond acceptors (Lipinski definition) is 2. The Hall–Kier alpha value is -1.88. The molecule has 5 heteroatoms. The molecule has 0 radical (unpaired) electrons. The Kier molecular flexibility index (Phi) is 2.87. The van der Waals surface area contributed by atoms with E-state index < -0.39 is 0 Å². The molecule has 2 aromatic rings. The van der Waals surface area contributed by atoms with Crippen LogP contribution in [0, 0.1) is 0 Å². The van der Waals surface area contributed by atoms with Gasteiger partial charge in [0.1, 0.15) is 0 Å². The third-order valence-electron chi connectivity index (χ3n) is 2.17. The van der Waals surface area contributed by atoms with Gasteiger partial charge in [-0.1, -0.05) is 18.2 Å². The number of thiocarbonyl (C=S) groups is 1. The van der Waals surface area contributed by atoms with E-state index in [0.717, 1.165) is 16.9 Å². The number of anilines is 1. The van der Waals surface area contributed by atoms with Crippen LogP contribution >= 0.6 is 12.2 Å². The van der Waals surface area contributed by atoms with E-state index in [1.807, 2.05) is 43.6 Å². The fourth-order valence-electron chi connectivity index (χ4n) is 1.51. The Morgan fingerprint density at radius 1 is 1.38 bits per heavy atom. The Balaban J connectivity index is 2.43. The van der Waals surface area contributed by atoms with E-state index >= 15 is 0 Å². The van der Waals surface area contributed by atoms with Crippen molar-refractivity contribution in [3.05, 3.63) is 36.5 Å². The largest absolute Gasteiger partial charge is 0.376 e. The molecule has 0 aliphatic rings. The van der Waals surface area contributed by atoms with E-state index in [1.54, 1.807) is 4.68 Å². The lowest BCUT2D eigenvalue weighted by Crippen LogP contribution is -2.19. The van der Waals surface area contributed by atoms with Crippen molar-refractivity contribution in [2.45, 2.75) is 0 Å². The van der Waals surface area contributed by atoms with Crippen LogP contribution in [0.1, 0.15) is 0 Å². The monoisotopic (exact) mass is 232 g/mol. The van der Waals surface area contributed by atoms with Gasteiger partial charge in [0, 0.05) is 24.5 Å². The van der Waals surface area contributed by atoms with Gasteiger partial charge in [-0.25, -0.2) is 0 Å². The molecule has 0 aliphatic heterocycles. The van der Waals surface area contributed by atoms with Crippen LogP contribution in [-0.4, -0.2) is 14.9 Å². The molecule has 2 rings (SSSR count). The lowest BCUT2D eigenvalue weighted by atomic mass is 10.1. The van der Waals surface area contributed by atoms with Gasteiger partial charge in [-0.2, -0.15) is 5.10 Å². The molecule has 1 heterocycles. The maximum absolute atomic E-state index is 5.47. The summed E-state index contributed by atoms with van der Waals surface area (Å²) in [5.74, 6) is 0. The predicted molar refractivity (Wildman–Crippen MR) is 69.1 cm³/mol. The smallest absolute Gasteiger partial charge is 0.168 e. The highest BCUT2D eigenvalue weighted by Crippen LogP contribution is 2.25. The number of para-hydroxylation sites is 1. The highest BCUT2D eigenvalue weighted by molar-refractivity contribution is 7.80. The number of benzene rings is 1. The van der Waals surface area contributed by atoms with E-state index in [0.29, 0.717) is 0 Å². The number of rotatable bonds is 2. The van der Waals surface area contributed by atoms with E-state index in [1.165, 1.54) is 0 Å². The summed E-state index contributed by atoms with van der Waals surface area (Å²) >= 11 is 4.83.